The molecule has 0 aromatic heterocycles. The lowest BCUT2D eigenvalue weighted by Gasteiger charge is -2.14. The predicted octanol–water partition coefficient (Wildman–Crippen LogP) is 3.86. The van der Waals surface area contributed by atoms with Gasteiger partial charge in [0.2, 0.25) is 0 Å². The molecule has 0 bridgehead atoms. The molecule has 1 N–H and O–H groups in total. The summed E-state index contributed by atoms with van der Waals surface area (Å²) in [6.45, 7) is 7.16. The summed E-state index contributed by atoms with van der Waals surface area (Å²) >= 11 is 0. The van der Waals surface area contributed by atoms with E-state index < -0.39 is 15.8 Å². The Kier molecular flexibility index (Phi) is 4.05. The van der Waals surface area contributed by atoms with Crippen LogP contribution in [0.3, 0.4) is 0 Å². The Bertz CT molecular complexity index is 775. The number of anilines is 1. The summed E-state index contributed by atoms with van der Waals surface area (Å²) in [5.41, 5.74) is 3.03. The van der Waals surface area contributed by atoms with Crippen molar-refractivity contribution in [1.29, 1.82) is 0 Å². The minimum absolute atomic E-state index is 0.0330. The lowest BCUT2D eigenvalue weighted by molar-refractivity contribution is 0.597. The molecule has 0 atom stereocenters. The lowest BCUT2D eigenvalue weighted by Crippen LogP contribution is -2.16. The Morgan fingerprint density at radius 2 is 1.48 bits per heavy atom. The van der Waals surface area contributed by atoms with Crippen LogP contribution in [-0.2, 0) is 10.0 Å². The highest BCUT2D eigenvalue weighted by molar-refractivity contribution is 7.92. The van der Waals surface area contributed by atoms with Crippen LogP contribution in [0, 0.1) is 33.5 Å². The van der Waals surface area contributed by atoms with Crippen molar-refractivity contribution in [2.45, 2.75) is 32.6 Å². The first-order valence-electron chi connectivity index (χ1n) is 6.57. The van der Waals surface area contributed by atoms with Crippen molar-refractivity contribution in [2.75, 3.05) is 4.72 Å². The molecule has 2 aromatic rings. The van der Waals surface area contributed by atoms with E-state index in [1.165, 1.54) is 12.1 Å². The molecule has 0 unspecified atom stereocenters. The Morgan fingerprint density at radius 1 is 0.905 bits per heavy atom. The van der Waals surface area contributed by atoms with Crippen LogP contribution < -0.4 is 4.72 Å². The molecule has 0 saturated carbocycles. The van der Waals surface area contributed by atoms with Crippen molar-refractivity contribution >= 4 is 15.7 Å². The third-order valence-electron chi connectivity index (χ3n) is 3.24. The number of rotatable bonds is 3. The monoisotopic (exact) mass is 307 g/mol. The van der Waals surface area contributed by atoms with Crippen LogP contribution in [0.2, 0.25) is 0 Å². The van der Waals surface area contributed by atoms with E-state index in [0.29, 0.717) is 11.1 Å². The maximum atomic E-state index is 13.8. The summed E-state index contributed by atoms with van der Waals surface area (Å²) in [7, 11) is -3.82. The Morgan fingerprint density at radius 3 is 2.05 bits per heavy atom. The van der Waals surface area contributed by atoms with Gasteiger partial charge in [-0.05, 0) is 56.5 Å². The molecule has 0 fully saturated rings. The Hall–Kier alpha value is -1.88. The highest BCUT2D eigenvalue weighted by Gasteiger charge is 2.21. The van der Waals surface area contributed by atoms with Gasteiger partial charge in [-0.1, -0.05) is 23.8 Å². The minimum Gasteiger partial charge on any atom is -0.277 e. The van der Waals surface area contributed by atoms with Crippen molar-refractivity contribution in [3.63, 3.8) is 0 Å². The van der Waals surface area contributed by atoms with Crippen LogP contribution in [0.5, 0.6) is 0 Å². The first-order chi connectivity index (χ1) is 9.70. The van der Waals surface area contributed by atoms with Gasteiger partial charge < -0.3 is 0 Å². The smallest absolute Gasteiger partial charge is 0.262 e. The van der Waals surface area contributed by atoms with Gasteiger partial charge in [-0.15, -0.1) is 0 Å². The van der Waals surface area contributed by atoms with Crippen molar-refractivity contribution in [3.05, 3.63) is 58.4 Å². The number of hydrogen-bond donors (Lipinski definition) is 1. The summed E-state index contributed by atoms with van der Waals surface area (Å²) in [6.07, 6.45) is 0. The number of aryl methyl sites for hydroxylation is 4. The number of sulfonamides is 1. The van der Waals surface area contributed by atoms with Crippen molar-refractivity contribution in [2.24, 2.45) is 0 Å². The van der Waals surface area contributed by atoms with E-state index in [2.05, 4.69) is 4.72 Å². The highest BCUT2D eigenvalue weighted by atomic mass is 32.2. The van der Waals surface area contributed by atoms with Crippen LogP contribution in [0.1, 0.15) is 22.3 Å². The molecule has 3 nitrogen and oxygen atoms in total. The van der Waals surface area contributed by atoms with Crippen molar-refractivity contribution in [1.82, 2.24) is 0 Å². The summed E-state index contributed by atoms with van der Waals surface area (Å²) in [4.78, 5) is 0.203. The second kappa shape index (κ2) is 5.48. The van der Waals surface area contributed by atoms with Crippen LogP contribution in [0.4, 0.5) is 10.1 Å². The molecule has 0 aliphatic carbocycles. The van der Waals surface area contributed by atoms with Crippen LogP contribution in [0.15, 0.2) is 35.2 Å². The number of hydrogen-bond acceptors (Lipinski definition) is 2. The van der Waals surface area contributed by atoms with Crippen LogP contribution in [-0.4, -0.2) is 8.42 Å². The molecule has 2 rings (SSSR count). The fourth-order valence-corrected chi connectivity index (χ4v) is 4.02. The molecule has 2 aromatic carbocycles. The standard InChI is InChI=1S/C16H18FNO2S/c1-10-5-6-14(17)15(9-10)18-21(19,20)16-12(3)7-11(2)8-13(16)4/h5-9,18H,1-4H3. The molecule has 0 heterocycles. The Balaban J connectivity index is 2.51. The van der Waals surface area contributed by atoms with E-state index in [9.17, 15) is 12.8 Å². The van der Waals surface area contributed by atoms with Gasteiger partial charge in [-0.25, -0.2) is 12.8 Å². The Labute approximate surface area is 124 Å². The SMILES string of the molecule is Cc1cc(C)c(S(=O)(=O)Nc2cc(C)ccc2F)c(C)c1. The van der Waals surface area contributed by atoms with E-state index in [1.807, 2.05) is 6.92 Å². The molecule has 21 heavy (non-hydrogen) atoms. The largest absolute Gasteiger partial charge is 0.277 e. The minimum atomic E-state index is -3.82. The van der Waals surface area contributed by atoms with E-state index in [1.54, 1.807) is 39.0 Å². The molecule has 0 radical (unpaired) electrons. The number of nitrogens with one attached hydrogen (secondary N) is 1. The van der Waals surface area contributed by atoms with Crippen LogP contribution in [0.25, 0.3) is 0 Å². The normalized spacial score (nSPS) is 11.5. The second-order valence-corrected chi connectivity index (χ2v) is 6.94. The summed E-state index contributed by atoms with van der Waals surface area (Å²) in [5, 5.41) is 0. The van der Waals surface area contributed by atoms with Gasteiger partial charge in [0.1, 0.15) is 5.82 Å². The average Bonchev–Trinajstić information content (AvgIpc) is 2.31. The molecular weight excluding hydrogens is 289 g/mol. The van der Waals surface area contributed by atoms with Crippen molar-refractivity contribution < 1.29 is 12.8 Å². The number of benzene rings is 2. The second-order valence-electron chi connectivity index (χ2n) is 5.32. The van der Waals surface area contributed by atoms with Crippen molar-refractivity contribution in [3.8, 4) is 0 Å². The zero-order valence-corrected chi connectivity index (χ0v) is 13.3. The summed E-state index contributed by atoms with van der Waals surface area (Å²) in [6, 6.07) is 7.92. The van der Waals surface area contributed by atoms with E-state index >= 15 is 0 Å². The first-order valence-corrected chi connectivity index (χ1v) is 8.06. The van der Waals surface area contributed by atoms with E-state index in [-0.39, 0.29) is 10.6 Å². The molecule has 0 saturated heterocycles. The zero-order chi connectivity index (χ0) is 15.8. The van der Waals surface area contributed by atoms with Gasteiger partial charge in [0.05, 0.1) is 10.6 Å². The molecule has 0 amide bonds. The van der Waals surface area contributed by atoms with Gasteiger partial charge in [-0.2, -0.15) is 0 Å². The maximum Gasteiger partial charge on any atom is 0.262 e. The molecule has 112 valence electrons. The summed E-state index contributed by atoms with van der Waals surface area (Å²) in [5.74, 6) is -0.591. The van der Waals surface area contributed by atoms with Gasteiger partial charge in [-0.3, -0.25) is 4.72 Å². The third kappa shape index (κ3) is 3.24. The van der Waals surface area contributed by atoms with E-state index in [0.717, 1.165) is 11.1 Å². The fourth-order valence-electron chi connectivity index (χ4n) is 2.50. The highest BCUT2D eigenvalue weighted by Crippen LogP contribution is 2.25. The first kappa shape index (κ1) is 15.5. The lowest BCUT2D eigenvalue weighted by atomic mass is 10.1. The van der Waals surface area contributed by atoms with E-state index in [4.69, 9.17) is 0 Å². The van der Waals surface area contributed by atoms with Gasteiger partial charge >= 0.3 is 0 Å². The summed E-state index contributed by atoms with van der Waals surface area (Å²) < 4.78 is 41.2. The van der Waals surface area contributed by atoms with Gasteiger partial charge in [0, 0.05) is 0 Å². The molecule has 5 heteroatoms. The fraction of sp³-hybridized carbons (Fsp3) is 0.250. The third-order valence-corrected chi connectivity index (χ3v) is 4.91. The molecule has 0 aliphatic heterocycles. The molecule has 0 aliphatic rings. The quantitative estimate of drug-likeness (QED) is 0.936. The zero-order valence-electron chi connectivity index (χ0n) is 12.5. The molecular formula is C16H18FNO2S. The van der Waals surface area contributed by atoms with Gasteiger partial charge in [0.25, 0.3) is 10.0 Å². The average molecular weight is 307 g/mol. The molecule has 0 spiro atoms. The predicted molar refractivity (Wildman–Crippen MR) is 82.6 cm³/mol. The topological polar surface area (TPSA) is 46.2 Å². The van der Waals surface area contributed by atoms with Crippen LogP contribution >= 0.6 is 0 Å². The maximum absolute atomic E-state index is 13.8. The number of halogens is 1. The van der Waals surface area contributed by atoms with Gasteiger partial charge in [0.15, 0.2) is 0 Å².